The molecule has 0 aromatic heterocycles. The zero-order valence-electron chi connectivity index (χ0n) is 10.7. The van der Waals surface area contributed by atoms with Crippen molar-refractivity contribution in [3.8, 4) is 0 Å². The Balaban J connectivity index is 3.18. The predicted molar refractivity (Wildman–Crippen MR) is 64.3 cm³/mol. The van der Waals surface area contributed by atoms with Crippen LogP contribution in [0.1, 0.15) is 20.7 Å². The molecule has 0 spiro atoms. The van der Waals surface area contributed by atoms with Crippen LogP contribution in [-0.4, -0.2) is 48.4 Å². The first kappa shape index (κ1) is 15.5. The van der Waals surface area contributed by atoms with Crippen LogP contribution < -0.4 is 5.32 Å². The molecular weight excluding hydrogens is 274 g/mol. The van der Waals surface area contributed by atoms with Crippen LogP contribution in [0, 0.1) is 11.6 Å². The molecule has 1 aromatic carbocycles. The SMILES string of the molecule is CNC(=O)CN(C)C(=O)c1cc(F)c(F)cc1C(=O)O. The van der Waals surface area contributed by atoms with Crippen LogP contribution in [0.2, 0.25) is 0 Å². The lowest BCUT2D eigenvalue weighted by Gasteiger charge is -2.17. The van der Waals surface area contributed by atoms with Gasteiger partial charge in [-0.05, 0) is 12.1 Å². The van der Waals surface area contributed by atoms with E-state index in [9.17, 15) is 23.2 Å². The minimum atomic E-state index is -1.57. The molecule has 0 saturated carbocycles. The number of nitrogens with one attached hydrogen (secondary N) is 1. The van der Waals surface area contributed by atoms with Gasteiger partial charge < -0.3 is 15.3 Å². The van der Waals surface area contributed by atoms with E-state index in [1.54, 1.807) is 0 Å². The van der Waals surface area contributed by atoms with E-state index in [2.05, 4.69) is 5.32 Å². The molecule has 0 unspecified atom stereocenters. The lowest BCUT2D eigenvalue weighted by atomic mass is 10.1. The van der Waals surface area contributed by atoms with Crippen molar-refractivity contribution in [1.29, 1.82) is 0 Å². The molecule has 0 heterocycles. The van der Waals surface area contributed by atoms with Gasteiger partial charge in [-0.15, -0.1) is 0 Å². The van der Waals surface area contributed by atoms with Gasteiger partial charge in [0.25, 0.3) is 5.91 Å². The summed E-state index contributed by atoms with van der Waals surface area (Å²) in [6, 6.07) is 0.931. The fourth-order valence-electron chi connectivity index (χ4n) is 1.47. The minimum absolute atomic E-state index is 0.340. The summed E-state index contributed by atoms with van der Waals surface area (Å²) in [7, 11) is 2.60. The lowest BCUT2D eigenvalue weighted by Crippen LogP contribution is -2.37. The maximum absolute atomic E-state index is 13.2. The van der Waals surface area contributed by atoms with Crippen LogP contribution in [0.5, 0.6) is 0 Å². The van der Waals surface area contributed by atoms with Crippen LogP contribution >= 0.6 is 0 Å². The Morgan fingerprint density at radius 3 is 2.15 bits per heavy atom. The molecule has 0 radical (unpaired) electrons. The molecule has 1 rings (SSSR count). The van der Waals surface area contributed by atoms with Gasteiger partial charge in [0.05, 0.1) is 17.7 Å². The molecule has 0 saturated heterocycles. The largest absolute Gasteiger partial charge is 0.478 e. The first-order valence-electron chi connectivity index (χ1n) is 5.46. The van der Waals surface area contributed by atoms with Crippen LogP contribution in [-0.2, 0) is 4.79 Å². The molecule has 2 amide bonds. The number of benzene rings is 1. The number of hydrogen-bond donors (Lipinski definition) is 2. The van der Waals surface area contributed by atoms with Crippen molar-refractivity contribution in [1.82, 2.24) is 10.2 Å². The molecule has 0 bridgehead atoms. The van der Waals surface area contributed by atoms with Gasteiger partial charge in [-0.2, -0.15) is 0 Å². The number of carboxylic acid groups (broad SMARTS) is 1. The second-order valence-corrected chi connectivity index (χ2v) is 3.95. The number of carboxylic acids is 1. The molecule has 0 atom stereocenters. The third-order valence-electron chi connectivity index (χ3n) is 2.53. The molecule has 0 aliphatic heterocycles. The molecular formula is C12H12F2N2O4. The Morgan fingerprint density at radius 1 is 1.20 bits per heavy atom. The van der Waals surface area contributed by atoms with Crippen molar-refractivity contribution in [2.45, 2.75) is 0 Å². The predicted octanol–water partition coefficient (Wildman–Crippen LogP) is 0.481. The molecule has 0 aliphatic carbocycles. The fraction of sp³-hybridized carbons (Fsp3) is 0.250. The van der Waals surface area contributed by atoms with Gasteiger partial charge in [0.2, 0.25) is 5.91 Å². The molecule has 2 N–H and O–H groups in total. The van der Waals surface area contributed by atoms with Crippen molar-refractivity contribution in [3.63, 3.8) is 0 Å². The van der Waals surface area contributed by atoms with Crippen molar-refractivity contribution >= 4 is 17.8 Å². The highest BCUT2D eigenvalue weighted by Crippen LogP contribution is 2.17. The first-order chi connectivity index (χ1) is 9.27. The zero-order chi connectivity index (χ0) is 15.4. The Bertz CT molecular complexity index is 575. The Morgan fingerprint density at radius 2 is 1.70 bits per heavy atom. The topological polar surface area (TPSA) is 86.7 Å². The van der Waals surface area contributed by atoms with Gasteiger partial charge >= 0.3 is 5.97 Å². The number of carbonyl (C=O) groups excluding carboxylic acids is 2. The summed E-state index contributed by atoms with van der Waals surface area (Å²) in [5.74, 6) is -5.66. The van der Waals surface area contributed by atoms with Crippen LogP contribution in [0.4, 0.5) is 8.78 Å². The molecule has 20 heavy (non-hydrogen) atoms. The number of rotatable bonds is 4. The number of hydrogen-bond acceptors (Lipinski definition) is 3. The monoisotopic (exact) mass is 286 g/mol. The van der Waals surface area contributed by atoms with Gasteiger partial charge in [-0.25, -0.2) is 13.6 Å². The van der Waals surface area contributed by atoms with E-state index in [1.807, 2.05) is 0 Å². The maximum Gasteiger partial charge on any atom is 0.336 e. The average Bonchev–Trinajstić information content (AvgIpc) is 2.39. The number of aromatic carboxylic acids is 1. The van der Waals surface area contributed by atoms with Gasteiger partial charge in [-0.1, -0.05) is 0 Å². The van der Waals surface area contributed by atoms with E-state index in [0.29, 0.717) is 12.1 Å². The van der Waals surface area contributed by atoms with E-state index in [1.165, 1.54) is 14.1 Å². The molecule has 0 fully saturated rings. The summed E-state index contributed by atoms with van der Waals surface area (Å²) in [5, 5.41) is 11.2. The normalized spacial score (nSPS) is 10.0. The van der Waals surface area contributed by atoms with Crippen molar-refractivity contribution in [2.75, 3.05) is 20.6 Å². The van der Waals surface area contributed by atoms with Crippen molar-refractivity contribution < 1.29 is 28.3 Å². The second-order valence-electron chi connectivity index (χ2n) is 3.95. The van der Waals surface area contributed by atoms with Gasteiger partial charge in [0.15, 0.2) is 11.6 Å². The molecule has 108 valence electrons. The van der Waals surface area contributed by atoms with E-state index >= 15 is 0 Å². The number of amides is 2. The molecule has 8 heteroatoms. The molecule has 0 aliphatic rings. The van der Waals surface area contributed by atoms with E-state index < -0.39 is 40.5 Å². The van der Waals surface area contributed by atoms with Gasteiger partial charge in [0.1, 0.15) is 0 Å². The quantitative estimate of drug-likeness (QED) is 0.843. The third-order valence-corrected chi connectivity index (χ3v) is 2.53. The number of carbonyl (C=O) groups is 3. The highest BCUT2D eigenvalue weighted by molar-refractivity contribution is 6.05. The number of likely N-dealkylation sites (N-methyl/N-ethyl adjacent to an activating group) is 2. The maximum atomic E-state index is 13.2. The zero-order valence-corrected chi connectivity index (χ0v) is 10.7. The summed E-state index contributed by atoms with van der Waals surface area (Å²) in [4.78, 5) is 35.0. The van der Waals surface area contributed by atoms with Crippen LogP contribution in [0.3, 0.4) is 0 Å². The van der Waals surface area contributed by atoms with E-state index in [-0.39, 0.29) is 6.54 Å². The standard InChI is InChI=1S/C12H12F2N2O4/c1-15-10(17)5-16(2)11(18)6-3-8(13)9(14)4-7(6)12(19)20/h3-4H,5H2,1-2H3,(H,15,17)(H,19,20). The van der Waals surface area contributed by atoms with Gasteiger partial charge in [0, 0.05) is 14.1 Å². The van der Waals surface area contributed by atoms with Crippen LogP contribution in [0.25, 0.3) is 0 Å². The fourth-order valence-corrected chi connectivity index (χ4v) is 1.47. The summed E-state index contributed by atoms with van der Waals surface area (Å²) in [6.07, 6.45) is 0. The van der Waals surface area contributed by atoms with Crippen LogP contribution in [0.15, 0.2) is 12.1 Å². The summed E-state index contributed by atoms with van der Waals surface area (Å²) >= 11 is 0. The smallest absolute Gasteiger partial charge is 0.336 e. The summed E-state index contributed by atoms with van der Waals surface area (Å²) in [6.45, 7) is -0.340. The first-order valence-corrected chi connectivity index (χ1v) is 5.46. The highest BCUT2D eigenvalue weighted by atomic mass is 19.2. The molecule has 6 nitrogen and oxygen atoms in total. The Hall–Kier alpha value is -2.51. The van der Waals surface area contributed by atoms with E-state index in [0.717, 1.165) is 4.90 Å². The minimum Gasteiger partial charge on any atom is -0.478 e. The average molecular weight is 286 g/mol. The molecule has 1 aromatic rings. The lowest BCUT2D eigenvalue weighted by molar-refractivity contribution is -0.121. The van der Waals surface area contributed by atoms with Crippen molar-refractivity contribution in [2.24, 2.45) is 0 Å². The summed E-state index contributed by atoms with van der Waals surface area (Å²) < 4.78 is 26.2. The van der Waals surface area contributed by atoms with Crippen molar-refractivity contribution in [3.05, 3.63) is 34.9 Å². The third kappa shape index (κ3) is 3.28. The Labute approximate surface area is 113 Å². The number of nitrogens with zero attached hydrogens (tertiary/aromatic N) is 1. The summed E-state index contributed by atoms with van der Waals surface area (Å²) in [5.41, 5.74) is -1.19. The van der Waals surface area contributed by atoms with E-state index in [4.69, 9.17) is 5.11 Å². The highest BCUT2D eigenvalue weighted by Gasteiger charge is 2.23. The number of halogens is 2. The second kappa shape index (κ2) is 6.09. The Kier molecular flexibility index (Phi) is 4.73. The van der Waals surface area contributed by atoms with Gasteiger partial charge in [-0.3, -0.25) is 9.59 Å².